The van der Waals surface area contributed by atoms with E-state index in [-0.39, 0.29) is 18.1 Å². The minimum atomic E-state index is -0.460. The molecule has 5 nitrogen and oxygen atoms in total. The van der Waals surface area contributed by atoms with Gasteiger partial charge < -0.3 is 15.0 Å². The molecule has 0 spiro atoms. The lowest BCUT2D eigenvalue weighted by molar-refractivity contribution is -0.120. The van der Waals surface area contributed by atoms with E-state index < -0.39 is 5.82 Å². The number of aromatic nitrogens is 1. The molecule has 0 unspecified atom stereocenters. The molecule has 1 amide bonds. The highest BCUT2D eigenvalue weighted by Crippen LogP contribution is 2.19. The van der Waals surface area contributed by atoms with Gasteiger partial charge in [0.05, 0.1) is 13.5 Å². The number of carbonyl (C=O) groups is 1. The van der Waals surface area contributed by atoms with E-state index in [4.69, 9.17) is 4.74 Å². The molecular formula is C20H24FN3O2. The molecule has 138 valence electrons. The zero-order chi connectivity index (χ0) is 18.4. The Morgan fingerprint density at radius 1 is 1.19 bits per heavy atom. The highest BCUT2D eigenvalue weighted by atomic mass is 19.1. The van der Waals surface area contributed by atoms with Crippen molar-refractivity contribution in [3.05, 3.63) is 53.5 Å². The molecule has 6 heteroatoms. The van der Waals surface area contributed by atoms with Crippen LogP contribution in [0.3, 0.4) is 0 Å². The molecule has 0 atom stereocenters. The van der Waals surface area contributed by atoms with Gasteiger partial charge in [-0.3, -0.25) is 4.79 Å². The number of hydrogen-bond acceptors (Lipinski definition) is 4. The van der Waals surface area contributed by atoms with E-state index in [1.165, 1.54) is 38.5 Å². The lowest BCUT2D eigenvalue weighted by Gasteiger charge is -2.27. The number of anilines is 1. The first-order valence-electron chi connectivity index (χ1n) is 8.94. The smallest absolute Gasteiger partial charge is 0.224 e. The quantitative estimate of drug-likeness (QED) is 0.863. The number of halogens is 1. The molecule has 1 aliphatic rings. The van der Waals surface area contributed by atoms with Crippen molar-refractivity contribution in [1.29, 1.82) is 0 Å². The number of ether oxygens (including phenoxy) is 1. The lowest BCUT2D eigenvalue weighted by Crippen LogP contribution is -2.30. The first-order valence-corrected chi connectivity index (χ1v) is 8.94. The summed E-state index contributed by atoms with van der Waals surface area (Å²) in [5.41, 5.74) is 1.62. The van der Waals surface area contributed by atoms with Gasteiger partial charge in [-0.2, -0.15) is 0 Å². The molecule has 2 aromatic rings. The van der Waals surface area contributed by atoms with Crippen LogP contribution < -0.4 is 15.0 Å². The van der Waals surface area contributed by atoms with Crippen molar-refractivity contribution in [1.82, 2.24) is 10.3 Å². The molecule has 1 saturated heterocycles. The molecule has 0 radical (unpaired) electrons. The zero-order valence-corrected chi connectivity index (χ0v) is 15.0. The van der Waals surface area contributed by atoms with E-state index in [1.807, 2.05) is 12.1 Å². The molecule has 0 aliphatic carbocycles. The van der Waals surface area contributed by atoms with Gasteiger partial charge in [-0.05, 0) is 54.7 Å². The molecule has 0 saturated carbocycles. The average Bonchev–Trinajstić information content (AvgIpc) is 2.67. The predicted octanol–water partition coefficient (Wildman–Crippen LogP) is 3.08. The van der Waals surface area contributed by atoms with Gasteiger partial charge >= 0.3 is 0 Å². The van der Waals surface area contributed by atoms with E-state index in [1.54, 1.807) is 12.3 Å². The maximum atomic E-state index is 13.7. The van der Waals surface area contributed by atoms with Gasteiger partial charge in [0.25, 0.3) is 0 Å². The Bertz CT molecular complexity index is 760. The second-order valence-corrected chi connectivity index (χ2v) is 6.49. The number of piperidine rings is 1. The molecule has 2 heterocycles. The monoisotopic (exact) mass is 357 g/mol. The van der Waals surface area contributed by atoms with Gasteiger partial charge in [-0.15, -0.1) is 0 Å². The summed E-state index contributed by atoms with van der Waals surface area (Å²) in [5.74, 6) is 0.536. The molecule has 1 fully saturated rings. The van der Waals surface area contributed by atoms with Crippen LogP contribution in [0.25, 0.3) is 0 Å². The number of hydrogen-bond donors (Lipinski definition) is 1. The predicted molar refractivity (Wildman–Crippen MR) is 98.8 cm³/mol. The van der Waals surface area contributed by atoms with Crippen LogP contribution in [0.5, 0.6) is 5.75 Å². The van der Waals surface area contributed by atoms with E-state index in [9.17, 15) is 9.18 Å². The normalized spacial score (nSPS) is 14.2. The van der Waals surface area contributed by atoms with Gasteiger partial charge in [-0.25, -0.2) is 9.37 Å². The van der Waals surface area contributed by atoms with E-state index in [0.29, 0.717) is 12.1 Å². The molecule has 0 bridgehead atoms. The zero-order valence-electron chi connectivity index (χ0n) is 15.0. The van der Waals surface area contributed by atoms with Crippen LogP contribution in [-0.4, -0.2) is 31.1 Å². The Kier molecular flexibility index (Phi) is 6.04. The number of amides is 1. The number of carbonyl (C=O) groups excluding carboxylic acids is 1. The number of benzene rings is 1. The first-order chi connectivity index (χ1) is 12.7. The van der Waals surface area contributed by atoms with E-state index >= 15 is 0 Å². The summed E-state index contributed by atoms with van der Waals surface area (Å²) < 4.78 is 18.6. The van der Waals surface area contributed by atoms with Crippen molar-refractivity contribution in [3.63, 3.8) is 0 Å². The number of methoxy groups -OCH3 is 1. The SMILES string of the molecule is COc1ccc(CC(=O)NCc2ccnc(N3CCCCC3)c2)cc1F. The van der Waals surface area contributed by atoms with Crippen LogP contribution in [0.1, 0.15) is 30.4 Å². The summed E-state index contributed by atoms with van der Waals surface area (Å²) in [6, 6.07) is 8.49. The summed E-state index contributed by atoms with van der Waals surface area (Å²) in [5, 5.41) is 2.89. The summed E-state index contributed by atoms with van der Waals surface area (Å²) in [6.07, 6.45) is 5.58. The molecule has 1 N–H and O–H groups in total. The van der Waals surface area contributed by atoms with Crippen LogP contribution in [0.2, 0.25) is 0 Å². The molecule has 1 aromatic carbocycles. The van der Waals surface area contributed by atoms with Crippen molar-refractivity contribution < 1.29 is 13.9 Å². The highest BCUT2D eigenvalue weighted by Gasteiger charge is 2.13. The van der Waals surface area contributed by atoms with Crippen molar-refractivity contribution in [2.75, 3.05) is 25.1 Å². The third-order valence-electron chi connectivity index (χ3n) is 4.56. The van der Waals surface area contributed by atoms with Crippen LogP contribution in [0, 0.1) is 5.82 Å². The minimum Gasteiger partial charge on any atom is -0.494 e. The Morgan fingerprint density at radius 3 is 2.73 bits per heavy atom. The van der Waals surface area contributed by atoms with Gasteiger partial charge in [0.15, 0.2) is 11.6 Å². The Balaban J connectivity index is 1.55. The molecular weight excluding hydrogens is 333 g/mol. The fourth-order valence-electron chi connectivity index (χ4n) is 3.13. The number of nitrogens with zero attached hydrogens (tertiary/aromatic N) is 2. The summed E-state index contributed by atoms with van der Waals surface area (Å²) in [6.45, 7) is 2.50. The number of pyridine rings is 1. The van der Waals surface area contributed by atoms with Crippen LogP contribution in [0.4, 0.5) is 10.2 Å². The van der Waals surface area contributed by atoms with Crippen molar-refractivity contribution in [2.24, 2.45) is 0 Å². The number of rotatable bonds is 6. The van der Waals surface area contributed by atoms with Crippen molar-refractivity contribution in [2.45, 2.75) is 32.2 Å². The molecule has 26 heavy (non-hydrogen) atoms. The standard InChI is InChI=1S/C20H24FN3O2/c1-26-18-6-5-15(11-17(18)21)13-20(25)23-14-16-7-8-22-19(12-16)24-9-3-2-4-10-24/h5-8,11-12H,2-4,9-10,13-14H2,1H3,(H,23,25). The average molecular weight is 357 g/mol. The Hall–Kier alpha value is -2.63. The maximum Gasteiger partial charge on any atom is 0.224 e. The van der Waals surface area contributed by atoms with Gasteiger partial charge in [0, 0.05) is 25.8 Å². The van der Waals surface area contributed by atoms with Gasteiger partial charge in [-0.1, -0.05) is 6.07 Å². The summed E-state index contributed by atoms with van der Waals surface area (Å²) in [7, 11) is 1.41. The van der Waals surface area contributed by atoms with Gasteiger partial charge in [0.2, 0.25) is 5.91 Å². The Labute approximate surface area is 153 Å². The largest absolute Gasteiger partial charge is 0.494 e. The van der Waals surface area contributed by atoms with Crippen molar-refractivity contribution >= 4 is 11.7 Å². The van der Waals surface area contributed by atoms with Crippen LogP contribution >= 0.6 is 0 Å². The topological polar surface area (TPSA) is 54.5 Å². The molecule has 3 rings (SSSR count). The molecule has 1 aliphatic heterocycles. The fraction of sp³-hybridized carbons (Fsp3) is 0.400. The van der Waals surface area contributed by atoms with Crippen molar-refractivity contribution in [3.8, 4) is 5.75 Å². The lowest BCUT2D eigenvalue weighted by atomic mass is 10.1. The highest BCUT2D eigenvalue weighted by molar-refractivity contribution is 5.78. The minimum absolute atomic E-state index is 0.130. The summed E-state index contributed by atoms with van der Waals surface area (Å²) >= 11 is 0. The molecule has 1 aromatic heterocycles. The second kappa shape index (κ2) is 8.65. The van der Waals surface area contributed by atoms with E-state index in [0.717, 1.165) is 24.5 Å². The number of nitrogens with one attached hydrogen (secondary N) is 1. The van der Waals surface area contributed by atoms with E-state index in [2.05, 4.69) is 15.2 Å². The fourth-order valence-corrected chi connectivity index (χ4v) is 3.13. The Morgan fingerprint density at radius 2 is 2.00 bits per heavy atom. The third kappa shape index (κ3) is 4.71. The summed E-state index contributed by atoms with van der Waals surface area (Å²) in [4.78, 5) is 18.9. The second-order valence-electron chi connectivity index (χ2n) is 6.49. The third-order valence-corrected chi connectivity index (χ3v) is 4.56. The maximum absolute atomic E-state index is 13.7. The van der Waals surface area contributed by atoms with Crippen LogP contribution in [0.15, 0.2) is 36.5 Å². The van der Waals surface area contributed by atoms with Crippen LogP contribution in [-0.2, 0) is 17.8 Å². The van der Waals surface area contributed by atoms with Gasteiger partial charge in [0.1, 0.15) is 5.82 Å². The first kappa shape index (κ1) is 18.2.